The van der Waals surface area contributed by atoms with E-state index in [0.717, 1.165) is 11.4 Å². The van der Waals surface area contributed by atoms with Crippen LogP contribution in [0.5, 0.6) is 0 Å². The lowest BCUT2D eigenvalue weighted by Crippen LogP contribution is -2.35. The van der Waals surface area contributed by atoms with Gasteiger partial charge in [0, 0.05) is 35.5 Å². The molecule has 7 heteroatoms. The average Bonchev–Trinajstić information content (AvgIpc) is 3.09. The van der Waals surface area contributed by atoms with Gasteiger partial charge in [-0.15, -0.1) is 11.3 Å². The smallest absolute Gasteiger partial charge is 0.241 e. The molecule has 0 aliphatic heterocycles. The minimum atomic E-state index is -3.44. The van der Waals surface area contributed by atoms with Gasteiger partial charge < -0.3 is 10.1 Å². The maximum Gasteiger partial charge on any atom is 0.241 e. The molecule has 0 radical (unpaired) electrons. The lowest BCUT2D eigenvalue weighted by atomic mass is 10.4. The molecule has 0 spiro atoms. The highest BCUT2D eigenvalue weighted by atomic mass is 32.2. The summed E-state index contributed by atoms with van der Waals surface area (Å²) in [5.41, 5.74) is 0. The number of ether oxygens (including phenoxy) is 1. The predicted octanol–water partition coefficient (Wildman–Crippen LogP) is 1.70. The van der Waals surface area contributed by atoms with Crippen LogP contribution in [0.2, 0.25) is 0 Å². The summed E-state index contributed by atoms with van der Waals surface area (Å²) in [7, 11) is -3.44. The van der Waals surface area contributed by atoms with Gasteiger partial charge in [-0.3, -0.25) is 0 Å². The van der Waals surface area contributed by atoms with Gasteiger partial charge in [-0.1, -0.05) is 0 Å². The second-order valence-electron chi connectivity index (χ2n) is 5.09. The fraction of sp³-hybridized carbons (Fsp3) is 0.692. The Morgan fingerprint density at radius 2 is 2.25 bits per heavy atom. The van der Waals surface area contributed by atoms with Crippen LogP contribution in [-0.2, 0) is 21.3 Å². The van der Waals surface area contributed by atoms with E-state index >= 15 is 0 Å². The Morgan fingerprint density at radius 1 is 1.50 bits per heavy atom. The largest absolute Gasteiger partial charge is 0.380 e. The molecule has 114 valence electrons. The molecule has 1 aliphatic rings. The number of hydrogen-bond donors (Lipinski definition) is 2. The van der Waals surface area contributed by atoms with E-state index in [0.29, 0.717) is 24.2 Å². The number of sulfonamides is 1. The second kappa shape index (κ2) is 7.00. The van der Waals surface area contributed by atoms with Crippen molar-refractivity contribution in [1.82, 2.24) is 10.0 Å². The van der Waals surface area contributed by atoms with E-state index in [4.69, 9.17) is 4.74 Å². The number of hydrogen-bond acceptors (Lipinski definition) is 5. The van der Waals surface area contributed by atoms with Gasteiger partial charge in [0.15, 0.2) is 0 Å². The molecule has 5 nitrogen and oxygen atoms in total. The van der Waals surface area contributed by atoms with Gasteiger partial charge in [-0.2, -0.15) is 0 Å². The van der Waals surface area contributed by atoms with Gasteiger partial charge in [-0.25, -0.2) is 13.1 Å². The van der Waals surface area contributed by atoms with Crippen molar-refractivity contribution in [3.63, 3.8) is 0 Å². The zero-order valence-corrected chi connectivity index (χ0v) is 13.5. The van der Waals surface area contributed by atoms with Crippen LogP contribution >= 0.6 is 11.3 Å². The minimum Gasteiger partial charge on any atom is -0.380 e. The third kappa shape index (κ3) is 4.82. The van der Waals surface area contributed by atoms with Gasteiger partial charge in [0.05, 0.1) is 11.5 Å². The first-order valence-corrected chi connectivity index (χ1v) is 9.28. The fourth-order valence-corrected chi connectivity index (χ4v) is 4.24. The Bertz CT molecular complexity index is 523. The molecule has 1 heterocycles. The zero-order chi connectivity index (χ0) is 14.6. The van der Waals surface area contributed by atoms with E-state index in [9.17, 15) is 8.42 Å². The summed E-state index contributed by atoms with van der Waals surface area (Å²) in [5, 5.41) is 5.08. The van der Waals surface area contributed by atoms with Crippen molar-refractivity contribution in [2.45, 2.75) is 50.2 Å². The van der Waals surface area contributed by atoms with E-state index in [1.807, 2.05) is 6.92 Å². The van der Waals surface area contributed by atoms with E-state index < -0.39 is 10.0 Å². The SMILES string of the molecule is CCOCC(C)NS(=O)(=O)c1csc(CNC2CC2)c1. The van der Waals surface area contributed by atoms with Crippen LogP contribution in [0.1, 0.15) is 31.6 Å². The summed E-state index contributed by atoms with van der Waals surface area (Å²) in [5.74, 6) is 0. The molecule has 0 bridgehead atoms. The van der Waals surface area contributed by atoms with Gasteiger partial charge in [-0.05, 0) is 32.8 Å². The van der Waals surface area contributed by atoms with Crippen molar-refractivity contribution in [2.24, 2.45) is 0 Å². The Labute approximate surface area is 124 Å². The quantitative estimate of drug-likeness (QED) is 0.727. The fourth-order valence-electron chi connectivity index (χ4n) is 1.79. The molecule has 1 atom stereocenters. The number of rotatable bonds is 9. The predicted molar refractivity (Wildman–Crippen MR) is 80.5 cm³/mol. The van der Waals surface area contributed by atoms with E-state index in [1.54, 1.807) is 18.4 Å². The standard InChI is InChI=1S/C13H22N2O3S2/c1-3-18-8-10(2)15-20(16,17)13-6-12(19-9-13)7-14-11-4-5-11/h6,9-11,14-15H,3-5,7-8H2,1-2H3. The molecular formula is C13H22N2O3S2. The van der Waals surface area contributed by atoms with Crippen molar-refractivity contribution in [3.8, 4) is 0 Å². The molecule has 1 aliphatic carbocycles. The molecule has 2 rings (SSSR count). The van der Waals surface area contributed by atoms with Gasteiger partial charge in [0.1, 0.15) is 0 Å². The van der Waals surface area contributed by atoms with Crippen molar-refractivity contribution in [2.75, 3.05) is 13.2 Å². The van der Waals surface area contributed by atoms with Crippen LogP contribution in [0.3, 0.4) is 0 Å². The molecule has 20 heavy (non-hydrogen) atoms. The maximum absolute atomic E-state index is 12.2. The maximum atomic E-state index is 12.2. The second-order valence-corrected chi connectivity index (χ2v) is 7.80. The Balaban J connectivity index is 1.90. The first-order valence-electron chi connectivity index (χ1n) is 6.92. The Morgan fingerprint density at radius 3 is 2.90 bits per heavy atom. The zero-order valence-electron chi connectivity index (χ0n) is 11.9. The number of nitrogens with one attached hydrogen (secondary N) is 2. The third-order valence-corrected chi connectivity index (χ3v) is 5.67. The highest BCUT2D eigenvalue weighted by molar-refractivity contribution is 7.89. The summed E-state index contributed by atoms with van der Waals surface area (Å²) in [6, 6.07) is 2.14. The molecule has 2 N–H and O–H groups in total. The molecule has 0 amide bonds. The molecular weight excluding hydrogens is 296 g/mol. The first-order chi connectivity index (χ1) is 9.51. The molecule has 1 aromatic heterocycles. The van der Waals surface area contributed by atoms with Crippen LogP contribution < -0.4 is 10.0 Å². The lowest BCUT2D eigenvalue weighted by molar-refractivity contribution is 0.133. The van der Waals surface area contributed by atoms with E-state index in [2.05, 4.69) is 10.0 Å². The number of thiophene rings is 1. The van der Waals surface area contributed by atoms with Gasteiger partial charge >= 0.3 is 0 Å². The normalized spacial score (nSPS) is 17.3. The highest BCUT2D eigenvalue weighted by Crippen LogP contribution is 2.23. The molecule has 0 aromatic carbocycles. The van der Waals surface area contributed by atoms with E-state index in [1.165, 1.54) is 24.2 Å². The van der Waals surface area contributed by atoms with Crippen LogP contribution in [0.25, 0.3) is 0 Å². The average molecular weight is 318 g/mol. The third-order valence-electron chi connectivity index (χ3n) is 3.01. The van der Waals surface area contributed by atoms with Crippen LogP contribution in [0.15, 0.2) is 16.3 Å². The first kappa shape index (κ1) is 15.9. The summed E-state index contributed by atoms with van der Waals surface area (Å²) in [4.78, 5) is 1.40. The van der Waals surface area contributed by atoms with Crippen LogP contribution in [0.4, 0.5) is 0 Å². The van der Waals surface area contributed by atoms with E-state index in [-0.39, 0.29) is 6.04 Å². The van der Waals surface area contributed by atoms with Gasteiger partial charge in [0.2, 0.25) is 10.0 Å². The summed E-state index contributed by atoms with van der Waals surface area (Å²) >= 11 is 1.48. The topological polar surface area (TPSA) is 67.4 Å². The van der Waals surface area contributed by atoms with Crippen molar-refractivity contribution >= 4 is 21.4 Å². The molecule has 1 aromatic rings. The van der Waals surface area contributed by atoms with Crippen molar-refractivity contribution in [1.29, 1.82) is 0 Å². The summed E-state index contributed by atoms with van der Waals surface area (Å²) in [6.07, 6.45) is 2.46. The minimum absolute atomic E-state index is 0.229. The Kier molecular flexibility index (Phi) is 5.57. The van der Waals surface area contributed by atoms with Crippen LogP contribution in [0, 0.1) is 0 Å². The highest BCUT2D eigenvalue weighted by Gasteiger charge is 2.22. The monoisotopic (exact) mass is 318 g/mol. The molecule has 0 saturated heterocycles. The molecule has 1 unspecified atom stereocenters. The summed E-state index contributed by atoms with van der Waals surface area (Å²) < 4.78 is 32.2. The lowest BCUT2D eigenvalue weighted by Gasteiger charge is -2.13. The Hall–Kier alpha value is -0.470. The molecule has 1 saturated carbocycles. The van der Waals surface area contributed by atoms with Crippen molar-refractivity contribution in [3.05, 3.63) is 16.3 Å². The van der Waals surface area contributed by atoms with Crippen molar-refractivity contribution < 1.29 is 13.2 Å². The molecule has 1 fully saturated rings. The van der Waals surface area contributed by atoms with Gasteiger partial charge in [0.25, 0.3) is 0 Å². The van der Waals surface area contributed by atoms with Crippen LogP contribution in [-0.4, -0.2) is 33.7 Å². The summed E-state index contributed by atoms with van der Waals surface area (Å²) in [6.45, 7) is 5.41.